The molecule has 0 amide bonds. The molecule has 1 aromatic rings. The van der Waals surface area contributed by atoms with Crippen LogP contribution in [0.4, 0.5) is 0 Å². The van der Waals surface area contributed by atoms with Crippen molar-refractivity contribution < 1.29 is 9.90 Å². The predicted molar refractivity (Wildman–Crippen MR) is 59.7 cm³/mol. The molecule has 1 atom stereocenters. The number of carboxylic acid groups (broad SMARTS) is 1. The number of isothiocyanates is 1. The third-order valence-electron chi connectivity index (χ3n) is 1.85. The molecule has 1 aromatic carbocycles. The summed E-state index contributed by atoms with van der Waals surface area (Å²) in [5.41, 5.74) is 3.36. The van der Waals surface area contributed by atoms with Crippen molar-refractivity contribution in [3.63, 3.8) is 0 Å². The minimum atomic E-state index is -0.965. The maximum atomic E-state index is 10.8. The van der Waals surface area contributed by atoms with Crippen LogP contribution in [0, 0.1) is 0 Å². The number of nitrogens with zero attached hydrogens (tertiary/aromatic N) is 1. The molecule has 0 bridgehead atoms. The molecule has 15 heavy (non-hydrogen) atoms. The third kappa shape index (κ3) is 3.89. The van der Waals surface area contributed by atoms with Gasteiger partial charge >= 0.3 is 5.97 Å². The fourth-order valence-corrected chi connectivity index (χ4v) is 1.19. The van der Waals surface area contributed by atoms with E-state index >= 15 is 0 Å². The van der Waals surface area contributed by atoms with Crippen molar-refractivity contribution in [2.45, 2.75) is 12.5 Å². The molecule has 78 valence electrons. The van der Waals surface area contributed by atoms with Crippen LogP contribution >= 0.6 is 12.2 Å². The van der Waals surface area contributed by atoms with Gasteiger partial charge in [-0.15, -0.1) is 5.10 Å². The quantitative estimate of drug-likeness (QED) is 0.447. The van der Waals surface area contributed by atoms with Crippen LogP contribution in [0.3, 0.4) is 0 Å². The summed E-state index contributed by atoms with van der Waals surface area (Å²) in [6, 6.07) is 8.54. The van der Waals surface area contributed by atoms with Gasteiger partial charge in [0.1, 0.15) is 6.04 Å². The van der Waals surface area contributed by atoms with E-state index in [0.717, 1.165) is 5.56 Å². The van der Waals surface area contributed by atoms with E-state index in [1.54, 1.807) is 0 Å². The van der Waals surface area contributed by atoms with Crippen LogP contribution in [0.25, 0.3) is 0 Å². The summed E-state index contributed by atoms with van der Waals surface area (Å²) in [4.78, 5) is 10.8. The van der Waals surface area contributed by atoms with E-state index in [9.17, 15) is 4.79 Å². The fourth-order valence-electron chi connectivity index (χ4n) is 1.14. The molecule has 0 unspecified atom stereocenters. The van der Waals surface area contributed by atoms with Crippen molar-refractivity contribution in [1.29, 1.82) is 0 Å². The number of rotatable bonds is 5. The van der Waals surface area contributed by atoms with Gasteiger partial charge in [-0.1, -0.05) is 30.3 Å². The van der Waals surface area contributed by atoms with Crippen molar-refractivity contribution >= 4 is 23.3 Å². The first-order valence-electron chi connectivity index (χ1n) is 4.33. The second kappa shape index (κ2) is 5.90. The summed E-state index contributed by atoms with van der Waals surface area (Å²) in [6.45, 7) is 0. The number of thiocarbonyl (C=S) groups is 1. The standard InChI is InChI=1S/C10H10N2O2S/c13-10(14)9(12-11-7-15)6-8-4-2-1-3-5-8/h1-5,9,12H,6H2,(H,13,14)/t9-/m0/s1. The Hall–Kier alpha value is -1.71. The number of hydrogen-bond donors (Lipinski definition) is 2. The van der Waals surface area contributed by atoms with E-state index in [2.05, 4.69) is 27.9 Å². The molecule has 0 radical (unpaired) electrons. The molecular weight excluding hydrogens is 212 g/mol. The largest absolute Gasteiger partial charge is 0.480 e. The fraction of sp³-hybridized carbons (Fsp3) is 0.200. The van der Waals surface area contributed by atoms with E-state index in [-0.39, 0.29) is 0 Å². The van der Waals surface area contributed by atoms with Crippen LogP contribution < -0.4 is 5.43 Å². The molecule has 1 rings (SSSR count). The zero-order valence-electron chi connectivity index (χ0n) is 7.88. The van der Waals surface area contributed by atoms with E-state index in [1.165, 1.54) is 0 Å². The topological polar surface area (TPSA) is 61.7 Å². The summed E-state index contributed by atoms with van der Waals surface area (Å²) < 4.78 is 0. The Labute approximate surface area is 92.6 Å². The van der Waals surface area contributed by atoms with Gasteiger partial charge in [0.05, 0.1) is 5.16 Å². The molecule has 0 aromatic heterocycles. The number of carboxylic acids is 1. The van der Waals surface area contributed by atoms with Crippen molar-refractivity contribution in [3.05, 3.63) is 35.9 Å². The Morgan fingerprint density at radius 3 is 2.73 bits per heavy atom. The van der Waals surface area contributed by atoms with Crippen LogP contribution in [0.15, 0.2) is 35.4 Å². The van der Waals surface area contributed by atoms with Crippen LogP contribution in [-0.4, -0.2) is 22.3 Å². The Kier molecular flexibility index (Phi) is 4.47. The SMILES string of the molecule is O=C(O)[C@H](Cc1ccccc1)NN=C=S. The number of aliphatic carboxylic acids is 1. The highest BCUT2D eigenvalue weighted by atomic mass is 32.1. The van der Waals surface area contributed by atoms with E-state index in [4.69, 9.17) is 5.11 Å². The first-order valence-corrected chi connectivity index (χ1v) is 4.74. The van der Waals surface area contributed by atoms with E-state index in [1.807, 2.05) is 30.3 Å². The normalized spacial score (nSPS) is 11.2. The number of hydrazone groups is 1. The molecule has 0 fully saturated rings. The second-order valence-corrected chi connectivity index (χ2v) is 3.10. The van der Waals surface area contributed by atoms with Gasteiger partial charge in [0, 0.05) is 6.42 Å². The van der Waals surface area contributed by atoms with Crippen LogP contribution in [0.1, 0.15) is 5.56 Å². The van der Waals surface area contributed by atoms with Crippen molar-refractivity contribution in [2.24, 2.45) is 5.10 Å². The van der Waals surface area contributed by atoms with Crippen molar-refractivity contribution in [1.82, 2.24) is 5.43 Å². The third-order valence-corrected chi connectivity index (χ3v) is 1.94. The Balaban J connectivity index is 2.67. The molecule has 0 aliphatic heterocycles. The van der Waals surface area contributed by atoms with Crippen molar-refractivity contribution in [3.8, 4) is 0 Å². The first-order chi connectivity index (χ1) is 7.24. The van der Waals surface area contributed by atoms with E-state index < -0.39 is 12.0 Å². The van der Waals surface area contributed by atoms with Crippen LogP contribution in [0.2, 0.25) is 0 Å². The van der Waals surface area contributed by atoms with Gasteiger partial charge in [0.2, 0.25) is 0 Å². The molecule has 0 saturated heterocycles. The predicted octanol–water partition coefficient (Wildman–Crippen LogP) is 1.29. The molecule has 4 nitrogen and oxygen atoms in total. The molecule has 5 heteroatoms. The summed E-state index contributed by atoms with van der Waals surface area (Å²) in [7, 11) is 0. The first kappa shape index (κ1) is 11.4. The van der Waals surface area contributed by atoms with E-state index in [0.29, 0.717) is 6.42 Å². The van der Waals surface area contributed by atoms with Gasteiger partial charge < -0.3 is 5.11 Å². The summed E-state index contributed by atoms with van der Waals surface area (Å²) in [6.07, 6.45) is 0.358. The highest BCUT2D eigenvalue weighted by Gasteiger charge is 2.16. The summed E-state index contributed by atoms with van der Waals surface area (Å²) in [5, 5.41) is 14.4. The lowest BCUT2D eigenvalue weighted by molar-refractivity contribution is -0.139. The lowest BCUT2D eigenvalue weighted by Crippen LogP contribution is -2.35. The number of hydrogen-bond acceptors (Lipinski definition) is 4. The molecular formula is C10H10N2O2S. The molecule has 0 spiro atoms. The van der Waals surface area contributed by atoms with Crippen molar-refractivity contribution in [2.75, 3.05) is 0 Å². The van der Waals surface area contributed by atoms with Crippen LogP contribution in [0.5, 0.6) is 0 Å². The highest BCUT2D eigenvalue weighted by Crippen LogP contribution is 2.03. The molecule has 0 heterocycles. The van der Waals surface area contributed by atoms with Crippen LogP contribution in [-0.2, 0) is 11.2 Å². The zero-order chi connectivity index (χ0) is 11.1. The van der Waals surface area contributed by atoms with Gasteiger partial charge in [-0.25, -0.2) is 4.79 Å². The smallest absolute Gasteiger partial charge is 0.328 e. The lowest BCUT2D eigenvalue weighted by Gasteiger charge is -2.10. The minimum absolute atomic E-state index is 0.358. The lowest BCUT2D eigenvalue weighted by atomic mass is 10.1. The number of nitrogens with one attached hydrogen (secondary N) is 1. The Bertz CT molecular complexity index is 374. The maximum Gasteiger partial charge on any atom is 0.328 e. The van der Waals surface area contributed by atoms with Gasteiger partial charge in [0.25, 0.3) is 0 Å². The van der Waals surface area contributed by atoms with Gasteiger partial charge in [-0.2, -0.15) is 0 Å². The van der Waals surface area contributed by atoms with Gasteiger partial charge in [-0.05, 0) is 17.8 Å². The Morgan fingerprint density at radius 2 is 2.20 bits per heavy atom. The monoisotopic (exact) mass is 222 g/mol. The molecule has 0 aliphatic carbocycles. The average molecular weight is 222 g/mol. The number of carbonyl (C=O) groups is 1. The zero-order valence-corrected chi connectivity index (χ0v) is 8.70. The Morgan fingerprint density at radius 1 is 1.53 bits per heavy atom. The number of benzene rings is 1. The van der Waals surface area contributed by atoms with Gasteiger partial charge in [-0.3, -0.25) is 5.43 Å². The summed E-state index contributed by atoms with van der Waals surface area (Å²) in [5.74, 6) is -0.965. The average Bonchev–Trinajstić information content (AvgIpc) is 2.25. The summed E-state index contributed by atoms with van der Waals surface area (Å²) >= 11 is 4.35. The highest BCUT2D eigenvalue weighted by molar-refractivity contribution is 7.78. The minimum Gasteiger partial charge on any atom is -0.480 e. The maximum absolute atomic E-state index is 10.8. The molecule has 2 N–H and O–H groups in total. The van der Waals surface area contributed by atoms with Gasteiger partial charge in [0.15, 0.2) is 0 Å². The molecule has 0 aliphatic rings. The second-order valence-electron chi connectivity index (χ2n) is 2.91. The molecule has 0 saturated carbocycles.